The van der Waals surface area contributed by atoms with Crippen molar-refractivity contribution < 1.29 is 4.39 Å². The van der Waals surface area contributed by atoms with E-state index in [9.17, 15) is 4.39 Å². The zero-order chi connectivity index (χ0) is 13.4. The van der Waals surface area contributed by atoms with Crippen LogP contribution in [0, 0.1) is 10.6 Å². The minimum atomic E-state index is -0.293. The van der Waals surface area contributed by atoms with E-state index in [1.165, 1.54) is 6.07 Å². The molecule has 0 atom stereocenters. The van der Waals surface area contributed by atoms with Crippen molar-refractivity contribution in [2.45, 2.75) is 13.0 Å². The Hall–Kier alpha value is -2.02. The number of aromatic nitrogens is 5. The van der Waals surface area contributed by atoms with E-state index in [4.69, 9.17) is 12.2 Å². The van der Waals surface area contributed by atoms with E-state index in [0.717, 1.165) is 11.3 Å². The first kappa shape index (κ1) is 12.0. The lowest BCUT2D eigenvalue weighted by Crippen LogP contribution is -2.03. The summed E-state index contributed by atoms with van der Waals surface area (Å²) in [5, 5.41) is 4.21. The van der Waals surface area contributed by atoms with Gasteiger partial charge < -0.3 is 9.55 Å². The van der Waals surface area contributed by atoms with Crippen molar-refractivity contribution in [2.75, 3.05) is 0 Å². The quantitative estimate of drug-likeness (QED) is 0.747. The third kappa shape index (κ3) is 2.17. The summed E-state index contributed by atoms with van der Waals surface area (Å²) in [6.45, 7) is 0.617. The molecule has 0 saturated heterocycles. The molecule has 98 valence electrons. The van der Waals surface area contributed by atoms with Gasteiger partial charge in [-0.2, -0.15) is 5.10 Å². The van der Waals surface area contributed by atoms with Crippen LogP contribution < -0.4 is 0 Å². The summed E-state index contributed by atoms with van der Waals surface area (Å²) in [4.78, 5) is 7.06. The van der Waals surface area contributed by atoms with Crippen LogP contribution in [0.5, 0.6) is 0 Å². The second-order valence-electron chi connectivity index (χ2n) is 4.30. The molecule has 0 radical (unpaired) electrons. The number of fused-ring (bicyclic) bond motifs is 1. The number of halogens is 1. The molecule has 19 heavy (non-hydrogen) atoms. The highest BCUT2D eigenvalue weighted by Crippen LogP contribution is 2.17. The predicted octanol–water partition coefficient (Wildman–Crippen LogP) is 2.21. The lowest BCUT2D eigenvalue weighted by molar-refractivity contribution is 0.637. The number of hydrogen-bond donors (Lipinski definition) is 1. The molecule has 3 aromatic rings. The van der Waals surface area contributed by atoms with Gasteiger partial charge in [0.2, 0.25) is 0 Å². The standard InChI is InChI=1S/C12H12FN5S/c1-17-7-14-10(16-17)5-6-18-9-4-2-3-8(13)11(9)15-12(18)19/h2-4,7H,5-6H2,1H3,(H,15,19). The van der Waals surface area contributed by atoms with Gasteiger partial charge in [-0.1, -0.05) is 6.07 Å². The molecule has 3 rings (SSSR count). The van der Waals surface area contributed by atoms with Gasteiger partial charge in [-0.3, -0.25) is 4.68 Å². The second kappa shape index (κ2) is 4.58. The van der Waals surface area contributed by atoms with Gasteiger partial charge >= 0.3 is 0 Å². The maximum absolute atomic E-state index is 13.6. The van der Waals surface area contributed by atoms with E-state index >= 15 is 0 Å². The van der Waals surface area contributed by atoms with Crippen LogP contribution in [0.4, 0.5) is 4.39 Å². The number of para-hydroxylation sites is 1. The summed E-state index contributed by atoms with van der Waals surface area (Å²) in [6.07, 6.45) is 2.31. The van der Waals surface area contributed by atoms with Gasteiger partial charge in [0.1, 0.15) is 17.7 Å². The van der Waals surface area contributed by atoms with Gasteiger partial charge in [0.15, 0.2) is 10.6 Å². The van der Waals surface area contributed by atoms with Crippen LogP contribution in [-0.4, -0.2) is 24.3 Å². The number of aromatic amines is 1. The molecule has 1 aromatic carbocycles. The average Bonchev–Trinajstić information content (AvgIpc) is 2.92. The summed E-state index contributed by atoms with van der Waals surface area (Å²) in [5.41, 5.74) is 1.21. The van der Waals surface area contributed by atoms with Crippen LogP contribution in [0.15, 0.2) is 24.5 Å². The molecular formula is C12H12FN5S. The molecule has 0 spiro atoms. The highest BCUT2D eigenvalue weighted by molar-refractivity contribution is 7.71. The summed E-state index contributed by atoms with van der Waals surface area (Å²) >= 11 is 5.23. The van der Waals surface area contributed by atoms with Crippen LogP contribution in [-0.2, 0) is 20.0 Å². The van der Waals surface area contributed by atoms with Crippen LogP contribution in [0.2, 0.25) is 0 Å². The highest BCUT2D eigenvalue weighted by Gasteiger charge is 2.08. The SMILES string of the molecule is Cn1cnc(CCn2c(=S)[nH]c3c(F)cccc32)n1. The fraction of sp³-hybridized carbons (Fsp3) is 0.250. The van der Waals surface area contributed by atoms with E-state index < -0.39 is 0 Å². The summed E-state index contributed by atoms with van der Waals surface area (Å²) in [6, 6.07) is 4.94. The molecule has 0 saturated carbocycles. The second-order valence-corrected chi connectivity index (χ2v) is 4.69. The number of rotatable bonds is 3. The molecule has 0 amide bonds. The van der Waals surface area contributed by atoms with Gasteiger partial charge in [-0.05, 0) is 24.4 Å². The van der Waals surface area contributed by atoms with Crippen molar-refractivity contribution in [1.29, 1.82) is 0 Å². The van der Waals surface area contributed by atoms with Gasteiger partial charge in [0.25, 0.3) is 0 Å². The van der Waals surface area contributed by atoms with E-state index in [1.807, 2.05) is 17.7 Å². The van der Waals surface area contributed by atoms with Crippen molar-refractivity contribution in [3.63, 3.8) is 0 Å². The highest BCUT2D eigenvalue weighted by atomic mass is 32.1. The van der Waals surface area contributed by atoms with Gasteiger partial charge in [0.05, 0.1) is 5.52 Å². The third-order valence-corrected chi connectivity index (χ3v) is 3.29. The zero-order valence-corrected chi connectivity index (χ0v) is 11.1. The molecule has 0 aliphatic rings. The Morgan fingerprint density at radius 1 is 1.42 bits per heavy atom. The third-order valence-electron chi connectivity index (χ3n) is 2.97. The molecule has 0 fully saturated rings. The fourth-order valence-corrected chi connectivity index (χ4v) is 2.37. The lowest BCUT2D eigenvalue weighted by atomic mass is 10.3. The lowest BCUT2D eigenvalue weighted by Gasteiger charge is -2.02. The number of benzene rings is 1. The van der Waals surface area contributed by atoms with Crippen molar-refractivity contribution in [3.05, 3.63) is 40.9 Å². The van der Waals surface area contributed by atoms with Gasteiger partial charge in [0, 0.05) is 20.0 Å². The van der Waals surface area contributed by atoms with Gasteiger partial charge in [-0.15, -0.1) is 0 Å². The van der Waals surface area contributed by atoms with E-state index in [1.54, 1.807) is 17.1 Å². The molecule has 2 heterocycles. The Labute approximate surface area is 113 Å². The first-order valence-corrected chi connectivity index (χ1v) is 6.27. The first-order chi connectivity index (χ1) is 9.15. The molecule has 2 aromatic heterocycles. The largest absolute Gasteiger partial charge is 0.328 e. The molecule has 5 nitrogen and oxygen atoms in total. The van der Waals surface area contributed by atoms with Crippen molar-refractivity contribution in [1.82, 2.24) is 24.3 Å². The van der Waals surface area contributed by atoms with Crippen molar-refractivity contribution in [3.8, 4) is 0 Å². The Morgan fingerprint density at radius 2 is 2.26 bits per heavy atom. The summed E-state index contributed by atoms with van der Waals surface area (Å²) in [5.74, 6) is 0.452. The molecule has 0 aliphatic carbocycles. The molecular weight excluding hydrogens is 265 g/mol. The normalized spacial score (nSPS) is 11.3. The molecule has 1 N–H and O–H groups in total. The Balaban J connectivity index is 1.95. The minimum Gasteiger partial charge on any atom is -0.328 e. The average molecular weight is 277 g/mol. The Morgan fingerprint density at radius 3 is 3.00 bits per heavy atom. The van der Waals surface area contributed by atoms with Crippen LogP contribution in [0.1, 0.15) is 5.82 Å². The van der Waals surface area contributed by atoms with E-state index in [0.29, 0.717) is 23.3 Å². The predicted molar refractivity (Wildman–Crippen MR) is 71.8 cm³/mol. The molecule has 0 aliphatic heterocycles. The fourth-order valence-electron chi connectivity index (χ4n) is 2.08. The van der Waals surface area contributed by atoms with Gasteiger partial charge in [-0.25, -0.2) is 9.37 Å². The molecule has 7 heteroatoms. The van der Waals surface area contributed by atoms with Crippen molar-refractivity contribution in [2.24, 2.45) is 7.05 Å². The van der Waals surface area contributed by atoms with Crippen LogP contribution in [0.3, 0.4) is 0 Å². The van der Waals surface area contributed by atoms with E-state index in [2.05, 4.69) is 15.1 Å². The summed E-state index contributed by atoms with van der Waals surface area (Å²) in [7, 11) is 1.82. The smallest absolute Gasteiger partial charge is 0.178 e. The Bertz CT molecular complexity index is 785. The van der Waals surface area contributed by atoms with Crippen LogP contribution >= 0.6 is 12.2 Å². The zero-order valence-electron chi connectivity index (χ0n) is 10.3. The minimum absolute atomic E-state index is 0.293. The number of aryl methyl sites for hydroxylation is 3. The maximum atomic E-state index is 13.6. The maximum Gasteiger partial charge on any atom is 0.178 e. The Kier molecular flexibility index (Phi) is 2.90. The summed E-state index contributed by atoms with van der Waals surface area (Å²) < 4.78 is 17.7. The first-order valence-electron chi connectivity index (χ1n) is 5.86. The number of H-pyrrole nitrogens is 1. The topological polar surface area (TPSA) is 51.4 Å². The van der Waals surface area contributed by atoms with E-state index in [-0.39, 0.29) is 5.82 Å². The number of hydrogen-bond acceptors (Lipinski definition) is 3. The molecule has 0 bridgehead atoms. The number of nitrogens with one attached hydrogen (secondary N) is 1. The number of nitrogens with zero attached hydrogens (tertiary/aromatic N) is 4. The van der Waals surface area contributed by atoms with Crippen LogP contribution in [0.25, 0.3) is 11.0 Å². The van der Waals surface area contributed by atoms with Crippen molar-refractivity contribution >= 4 is 23.3 Å². The number of imidazole rings is 1. The molecule has 0 unspecified atom stereocenters. The monoisotopic (exact) mass is 277 g/mol.